The maximum atomic E-state index is 12.7. The maximum absolute atomic E-state index is 12.7. The van der Waals surface area contributed by atoms with Crippen LogP contribution in [0.25, 0.3) is 0 Å². The number of esters is 1. The van der Waals surface area contributed by atoms with Crippen LogP contribution in [0.4, 0.5) is 0 Å². The monoisotopic (exact) mass is 390 g/mol. The van der Waals surface area contributed by atoms with E-state index in [0.717, 1.165) is 17.5 Å². The van der Waals surface area contributed by atoms with Crippen LogP contribution in [0.3, 0.4) is 0 Å². The Labute approximate surface area is 166 Å². The lowest BCUT2D eigenvalue weighted by Gasteiger charge is -2.34. The Bertz CT molecular complexity index is 696. The van der Waals surface area contributed by atoms with Gasteiger partial charge in [0.2, 0.25) is 5.91 Å². The zero-order valence-electron chi connectivity index (χ0n) is 17.1. The van der Waals surface area contributed by atoms with Crippen molar-refractivity contribution in [1.29, 1.82) is 0 Å². The Kier molecular flexibility index (Phi) is 7.84. The molecular formula is C21H30N2O5. The number of carbonyl (C=O) groups is 3. The first-order valence-corrected chi connectivity index (χ1v) is 9.70. The second-order valence-electron chi connectivity index (χ2n) is 7.61. The maximum Gasteiger partial charge on any atom is 0.308 e. The summed E-state index contributed by atoms with van der Waals surface area (Å²) in [7, 11) is 0. The molecule has 0 radical (unpaired) electrons. The van der Waals surface area contributed by atoms with E-state index in [1.54, 1.807) is 0 Å². The third-order valence-electron chi connectivity index (χ3n) is 4.53. The molecular weight excluding hydrogens is 360 g/mol. The van der Waals surface area contributed by atoms with Crippen LogP contribution >= 0.6 is 0 Å². The zero-order valence-corrected chi connectivity index (χ0v) is 17.1. The smallest absolute Gasteiger partial charge is 0.308 e. The van der Waals surface area contributed by atoms with Crippen molar-refractivity contribution >= 4 is 17.8 Å². The number of nitrogens with zero attached hydrogens (tertiary/aromatic N) is 1. The van der Waals surface area contributed by atoms with E-state index in [0.29, 0.717) is 31.4 Å². The van der Waals surface area contributed by atoms with Crippen LogP contribution in [-0.4, -0.2) is 55.0 Å². The van der Waals surface area contributed by atoms with Gasteiger partial charge in [0, 0.05) is 13.1 Å². The summed E-state index contributed by atoms with van der Waals surface area (Å²) < 4.78 is 10.8. The number of hydrogen-bond acceptors (Lipinski definition) is 5. The predicted octanol–water partition coefficient (Wildman–Crippen LogP) is 1.99. The molecule has 7 heteroatoms. The van der Waals surface area contributed by atoms with Crippen LogP contribution < -0.4 is 10.1 Å². The van der Waals surface area contributed by atoms with E-state index < -0.39 is 12.0 Å². The Hall–Kier alpha value is -2.57. The number of amides is 2. The minimum absolute atomic E-state index is 0.154. The molecule has 1 heterocycles. The molecule has 2 rings (SSSR count). The van der Waals surface area contributed by atoms with Gasteiger partial charge in [-0.1, -0.05) is 19.9 Å². The molecule has 1 atom stereocenters. The summed E-state index contributed by atoms with van der Waals surface area (Å²) in [5, 5.41) is 2.70. The van der Waals surface area contributed by atoms with Crippen molar-refractivity contribution in [3.8, 4) is 5.75 Å². The highest BCUT2D eigenvalue weighted by atomic mass is 16.5. The number of rotatable bonds is 8. The van der Waals surface area contributed by atoms with Crippen molar-refractivity contribution in [2.24, 2.45) is 5.92 Å². The summed E-state index contributed by atoms with van der Waals surface area (Å²) in [5.74, 6) is -0.111. The molecule has 0 aromatic heterocycles. The van der Waals surface area contributed by atoms with Crippen molar-refractivity contribution in [2.45, 2.75) is 46.6 Å². The van der Waals surface area contributed by atoms with Crippen molar-refractivity contribution in [3.05, 3.63) is 29.3 Å². The Balaban J connectivity index is 1.95. The number of carbonyl (C=O) groups excluding carboxylic acids is 3. The molecule has 0 spiro atoms. The second-order valence-corrected chi connectivity index (χ2v) is 7.61. The van der Waals surface area contributed by atoms with Gasteiger partial charge in [-0.2, -0.15) is 0 Å². The van der Waals surface area contributed by atoms with Gasteiger partial charge in [0.15, 0.2) is 6.61 Å². The summed E-state index contributed by atoms with van der Waals surface area (Å²) in [6.07, 6.45) is 0.605. The van der Waals surface area contributed by atoms with Gasteiger partial charge in [-0.15, -0.1) is 0 Å². The molecule has 1 aromatic carbocycles. The van der Waals surface area contributed by atoms with Crippen molar-refractivity contribution in [1.82, 2.24) is 10.2 Å². The molecule has 1 N–H and O–H groups in total. The van der Waals surface area contributed by atoms with Crippen LogP contribution in [0.15, 0.2) is 18.2 Å². The van der Waals surface area contributed by atoms with E-state index in [-0.39, 0.29) is 24.8 Å². The average Bonchev–Trinajstić information content (AvgIpc) is 2.60. The van der Waals surface area contributed by atoms with Gasteiger partial charge in [0.1, 0.15) is 11.8 Å². The average molecular weight is 390 g/mol. The first-order chi connectivity index (χ1) is 13.3. The van der Waals surface area contributed by atoms with Crippen LogP contribution in [0.1, 0.15) is 37.8 Å². The molecule has 1 aliphatic heterocycles. The van der Waals surface area contributed by atoms with E-state index in [1.807, 2.05) is 45.9 Å². The quantitative estimate of drug-likeness (QED) is 0.686. The Morgan fingerprint density at radius 3 is 2.54 bits per heavy atom. The molecule has 7 nitrogen and oxygen atoms in total. The number of piperazine rings is 1. The van der Waals surface area contributed by atoms with Gasteiger partial charge in [0.25, 0.3) is 5.91 Å². The topological polar surface area (TPSA) is 84.9 Å². The SMILES string of the molecule is Cc1cc(C)cc(OCC(=O)N2CCNC(=O)C2CC(=O)OCCC(C)C)c1. The number of aryl methyl sites for hydroxylation is 2. The fourth-order valence-electron chi connectivity index (χ4n) is 3.09. The summed E-state index contributed by atoms with van der Waals surface area (Å²) >= 11 is 0. The fourth-order valence-corrected chi connectivity index (χ4v) is 3.09. The highest BCUT2D eigenvalue weighted by molar-refractivity contribution is 5.92. The molecule has 1 unspecified atom stereocenters. The van der Waals surface area contributed by atoms with E-state index in [9.17, 15) is 14.4 Å². The van der Waals surface area contributed by atoms with Crippen LogP contribution in [0, 0.1) is 19.8 Å². The zero-order chi connectivity index (χ0) is 20.7. The molecule has 1 aromatic rings. The summed E-state index contributed by atoms with van der Waals surface area (Å²) in [6, 6.07) is 4.86. The summed E-state index contributed by atoms with van der Waals surface area (Å²) in [4.78, 5) is 38.4. The van der Waals surface area contributed by atoms with Crippen molar-refractivity contribution in [2.75, 3.05) is 26.3 Å². The lowest BCUT2D eigenvalue weighted by atomic mass is 10.1. The molecule has 2 amide bonds. The Morgan fingerprint density at radius 2 is 1.89 bits per heavy atom. The van der Waals surface area contributed by atoms with Gasteiger partial charge >= 0.3 is 5.97 Å². The van der Waals surface area contributed by atoms with E-state index in [4.69, 9.17) is 9.47 Å². The van der Waals surface area contributed by atoms with Crippen molar-refractivity contribution in [3.63, 3.8) is 0 Å². The van der Waals surface area contributed by atoms with E-state index in [1.165, 1.54) is 4.90 Å². The number of benzene rings is 1. The van der Waals surface area contributed by atoms with Gasteiger partial charge in [-0.25, -0.2) is 0 Å². The first kappa shape index (κ1) is 21.7. The molecule has 1 saturated heterocycles. The molecule has 0 aliphatic carbocycles. The van der Waals surface area contributed by atoms with Gasteiger partial charge in [-0.3, -0.25) is 14.4 Å². The molecule has 0 saturated carbocycles. The Morgan fingerprint density at radius 1 is 1.21 bits per heavy atom. The normalized spacial score (nSPS) is 16.7. The van der Waals surface area contributed by atoms with Crippen LogP contribution in [-0.2, 0) is 19.1 Å². The van der Waals surface area contributed by atoms with Gasteiger partial charge in [0.05, 0.1) is 13.0 Å². The van der Waals surface area contributed by atoms with E-state index >= 15 is 0 Å². The standard InChI is InChI=1S/C21H30N2O5/c1-14(2)5-8-27-20(25)12-18-21(26)22-6-7-23(18)19(24)13-28-17-10-15(3)9-16(4)11-17/h9-11,14,18H,5-8,12-13H2,1-4H3,(H,22,26). The molecule has 154 valence electrons. The minimum atomic E-state index is -0.865. The van der Waals surface area contributed by atoms with E-state index in [2.05, 4.69) is 5.32 Å². The third kappa shape index (κ3) is 6.55. The molecule has 0 bridgehead atoms. The summed E-state index contributed by atoms with van der Waals surface area (Å²) in [6.45, 7) is 8.81. The number of ether oxygens (including phenoxy) is 2. The predicted molar refractivity (Wildman–Crippen MR) is 105 cm³/mol. The highest BCUT2D eigenvalue weighted by Crippen LogP contribution is 2.17. The molecule has 28 heavy (non-hydrogen) atoms. The number of nitrogens with one attached hydrogen (secondary N) is 1. The minimum Gasteiger partial charge on any atom is -0.484 e. The van der Waals surface area contributed by atoms with Crippen molar-refractivity contribution < 1.29 is 23.9 Å². The first-order valence-electron chi connectivity index (χ1n) is 9.70. The highest BCUT2D eigenvalue weighted by Gasteiger charge is 2.35. The van der Waals surface area contributed by atoms with Gasteiger partial charge < -0.3 is 19.7 Å². The molecule has 1 aliphatic rings. The van der Waals surface area contributed by atoms with Crippen LogP contribution in [0.5, 0.6) is 5.75 Å². The molecule has 1 fully saturated rings. The van der Waals surface area contributed by atoms with Crippen LogP contribution in [0.2, 0.25) is 0 Å². The summed E-state index contributed by atoms with van der Waals surface area (Å²) in [5.41, 5.74) is 2.09. The lowest BCUT2D eigenvalue weighted by Crippen LogP contribution is -2.58. The van der Waals surface area contributed by atoms with Gasteiger partial charge in [-0.05, 0) is 49.4 Å². The second kappa shape index (κ2) is 10.1. The largest absolute Gasteiger partial charge is 0.484 e. The number of hydrogen-bond donors (Lipinski definition) is 1. The lowest BCUT2D eigenvalue weighted by molar-refractivity contribution is -0.152. The third-order valence-corrected chi connectivity index (χ3v) is 4.53. The fraction of sp³-hybridized carbons (Fsp3) is 0.571.